The molecule has 0 aliphatic rings. The molecule has 0 aliphatic carbocycles. The lowest BCUT2D eigenvalue weighted by Crippen LogP contribution is -1.80. The summed E-state index contributed by atoms with van der Waals surface area (Å²) in [4.78, 5) is 4.13. The lowest BCUT2D eigenvalue weighted by atomic mass is 10.1. The number of alkyl halides is 1. The number of rotatable bonds is 3. The Kier molecular flexibility index (Phi) is 2.82. The van der Waals surface area contributed by atoms with E-state index in [9.17, 15) is 0 Å². The molecule has 6 heteroatoms. The van der Waals surface area contributed by atoms with Crippen molar-refractivity contribution in [3.05, 3.63) is 42.2 Å². The van der Waals surface area contributed by atoms with Crippen LogP contribution in [0.2, 0.25) is 0 Å². The van der Waals surface area contributed by atoms with Gasteiger partial charge in [0.2, 0.25) is 0 Å². The van der Waals surface area contributed by atoms with Gasteiger partial charge in [0.05, 0.1) is 11.6 Å². The summed E-state index contributed by atoms with van der Waals surface area (Å²) in [5, 5.41) is 10.8. The van der Waals surface area contributed by atoms with Gasteiger partial charge in [-0.25, -0.2) is 0 Å². The number of aromatic nitrogens is 4. The van der Waals surface area contributed by atoms with Crippen molar-refractivity contribution in [1.29, 1.82) is 0 Å². The quantitative estimate of drug-likeness (QED) is 0.735. The monoisotopic (exact) mass is 260 g/mol. The molecule has 3 rings (SSSR count). The van der Waals surface area contributed by atoms with E-state index in [4.69, 9.17) is 16.1 Å². The molecule has 5 nitrogen and oxygen atoms in total. The second-order valence-electron chi connectivity index (χ2n) is 3.68. The first-order valence-electron chi connectivity index (χ1n) is 5.36. The van der Waals surface area contributed by atoms with Gasteiger partial charge in [0, 0.05) is 5.56 Å². The SMILES string of the molecule is ClCc1noc(-c2cc(-c3ccccc3)n[nH]2)n1. The predicted octanol–water partition coefficient (Wildman–Crippen LogP) is 2.87. The Morgan fingerprint density at radius 3 is 2.78 bits per heavy atom. The van der Waals surface area contributed by atoms with E-state index in [1.54, 1.807) is 0 Å². The molecule has 0 amide bonds. The van der Waals surface area contributed by atoms with Gasteiger partial charge in [0.25, 0.3) is 5.89 Å². The van der Waals surface area contributed by atoms with E-state index in [0.717, 1.165) is 11.3 Å². The van der Waals surface area contributed by atoms with Gasteiger partial charge in [0.1, 0.15) is 5.69 Å². The topological polar surface area (TPSA) is 67.6 Å². The molecule has 0 spiro atoms. The largest absolute Gasteiger partial charge is 0.332 e. The van der Waals surface area contributed by atoms with Gasteiger partial charge in [-0.3, -0.25) is 5.10 Å². The summed E-state index contributed by atoms with van der Waals surface area (Å²) >= 11 is 5.62. The molecule has 0 atom stereocenters. The van der Waals surface area contributed by atoms with Crippen molar-refractivity contribution < 1.29 is 4.52 Å². The second kappa shape index (κ2) is 4.62. The molecule has 90 valence electrons. The van der Waals surface area contributed by atoms with Crippen LogP contribution in [0, 0.1) is 0 Å². The number of nitrogens with one attached hydrogen (secondary N) is 1. The zero-order valence-electron chi connectivity index (χ0n) is 9.30. The first-order chi connectivity index (χ1) is 8.86. The normalized spacial score (nSPS) is 10.7. The molecule has 0 aliphatic heterocycles. The van der Waals surface area contributed by atoms with Crippen molar-refractivity contribution >= 4 is 11.6 Å². The molecule has 0 bridgehead atoms. The minimum absolute atomic E-state index is 0.225. The first-order valence-corrected chi connectivity index (χ1v) is 5.90. The van der Waals surface area contributed by atoms with E-state index in [1.165, 1.54) is 0 Å². The maximum absolute atomic E-state index is 5.62. The first kappa shape index (κ1) is 11.0. The van der Waals surface area contributed by atoms with Gasteiger partial charge in [-0.05, 0) is 6.07 Å². The Balaban J connectivity index is 1.94. The van der Waals surface area contributed by atoms with E-state index in [2.05, 4.69) is 20.3 Å². The average Bonchev–Trinajstić information content (AvgIpc) is 3.08. The third-order valence-corrected chi connectivity index (χ3v) is 2.70. The molecule has 3 aromatic rings. The number of aromatic amines is 1. The fourth-order valence-electron chi connectivity index (χ4n) is 1.61. The smallest absolute Gasteiger partial charge is 0.275 e. The Morgan fingerprint density at radius 1 is 1.22 bits per heavy atom. The zero-order chi connectivity index (χ0) is 12.4. The Labute approximate surface area is 108 Å². The Morgan fingerprint density at radius 2 is 2.06 bits per heavy atom. The highest BCUT2D eigenvalue weighted by atomic mass is 35.5. The molecule has 0 saturated heterocycles. The van der Waals surface area contributed by atoms with Crippen LogP contribution in [0.4, 0.5) is 0 Å². The van der Waals surface area contributed by atoms with Crippen molar-refractivity contribution in [2.45, 2.75) is 5.88 Å². The van der Waals surface area contributed by atoms with Crippen LogP contribution in [-0.4, -0.2) is 20.3 Å². The fraction of sp³-hybridized carbons (Fsp3) is 0.0833. The minimum atomic E-state index is 0.225. The summed E-state index contributed by atoms with van der Waals surface area (Å²) < 4.78 is 5.07. The molecule has 1 aromatic carbocycles. The number of benzene rings is 1. The molecule has 0 radical (unpaired) electrons. The molecular weight excluding hydrogens is 252 g/mol. The third-order valence-electron chi connectivity index (χ3n) is 2.47. The maximum atomic E-state index is 5.62. The Bertz CT molecular complexity index is 647. The van der Waals surface area contributed by atoms with Crippen LogP contribution in [0.3, 0.4) is 0 Å². The molecule has 2 aromatic heterocycles. The van der Waals surface area contributed by atoms with Crippen LogP contribution in [0.5, 0.6) is 0 Å². The van der Waals surface area contributed by atoms with Gasteiger partial charge < -0.3 is 4.52 Å². The summed E-state index contributed by atoms with van der Waals surface area (Å²) in [5.41, 5.74) is 2.53. The predicted molar refractivity (Wildman–Crippen MR) is 66.9 cm³/mol. The van der Waals surface area contributed by atoms with Gasteiger partial charge >= 0.3 is 0 Å². The van der Waals surface area contributed by atoms with Crippen molar-refractivity contribution in [3.8, 4) is 22.8 Å². The number of nitrogens with zero attached hydrogens (tertiary/aromatic N) is 3. The van der Waals surface area contributed by atoms with E-state index in [-0.39, 0.29) is 5.88 Å². The van der Waals surface area contributed by atoms with Gasteiger partial charge in [0.15, 0.2) is 5.82 Å². The summed E-state index contributed by atoms with van der Waals surface area (Å²) in [5.74, 6) is 1.08. The molecule has 1 N–H and O–H groups in total. The summed E-state index contributed by atoms with van der Waals surface area (Å²) in [6.07, 6.45) is 0. The number of hydrogen-bond donors (Lipinski definition) is 1. The summed E-state index contributed by atoms with van der Waals surface area (Å²) in [6, 6.07) is 11.7. The minimum Gasteiger partial charge on any atom is -0.332 e. The van der Waals surface area contributed by atoms with Crippen molar-refractivity contribution in [1.82, 2.24) is 20.3 Å². The van der Waals surface area contributed by atoms with Crippen LogP contribution in [0.15, 0.2) is 40.9 Å². The molecule has 0 unspecified atom stereocenters. The second-order valence-corrected chi connectivity index (χ2v) is 3.95. The van der Waals surface area contributed by atoms with E-state index in [1.807, 2.05) is 36.4 Å². The highest BCUT2D eigenvalue weighted by molar-refractivity contribution is 6.16. The summed E-state index contributed by atoms with van der Waals surface area (Å²) in [7, 11) is 0. The van der Waals surface area contributed by atoms with E-state index in [0.29, 0.717) is 17.4 Å². The summed E-state index contributed by atoms with van der Waals surface area (Å²) in [6.45, 7) is 0. The van der Waals surface area contributed by atoms with Crippen LogP contribution in [0.25, 0.3) is 22.8 Å². The van der Waals surface area contributed by atoms with Crippen LogP contribution < -0.4 is 0 Å². The lowest BCUT2D eigenvalue weighted by Gasteiger charge is -1.92. The molecule has 2 heterocycles. The third kappa shape index (κ3) is 2.00. The fourth-order valence-corrected chi connectivity index (χ4v) is 1.71. The van der Waals surface area contributed by atoms with Crippen LogP contribution >= 0.6 is 11.6 Å². The maximum Gasteiger partial charge on any atom is 0.275 e. The van der Waals surface area contributed by atoms with Crippen LogP contribution in [0.1, 0.15) is 5.82 Å². The highest BCUT2D eigenvalue weighted by Gasteiger charge is 2.11. The van der Waals surface area contributed by atoms with Gasteiger partial charge in [-0.1, -0.05) is 35.5 Å². The van der Waals surface area contributed by atoms with Crippen molar-refractivity contribution in [2.24, 2.45) is 0 Å². The molecule has 0 saturated carbocycles. The molecule has 0 fully saturated rings. The number of halogens is 1. The number of H-pyrrole nitrogens is 1. The highest BCUT2D eigenvalue weighted by Crippen LogP contribution is 2.22. The van der Waals surface area contributed by atoms with Gasteiger partial charge in [-0.15, -0.1) is 11.6 Å². The molecule has 18 heavy (non-hydrogen) atoms. The Hall–Kier alpha value is -2.14. The number of hydrogen-bond acceptors (Lipinski definition) is 4. The van der Waals surface area contributed by atoms with Gasteiger partial charge in [-0.2, -0.15) is 10.1 Å². The van der Waals surface area contributed by atoms with Crippen molar-refractivity contribution in [3.63, 3.8) is 0 Å². The van der Waals surface area contributed by atoms with E-state index < -0.39 is 0 Å². The van der Waals surface area contributed by atoms with Crippen LogP contribution in [-0.2, 0) is 5.88 Å². The molecular formula is C12H9ClN4O. The lowest BCUT2D eigenvalue weighted by molar-refractivity contribution is 0.423. The zero-order valence-corrected chi connectivity index (χ0v) is 10.1. The average molecular weight is 261 g/mol. The van der Waals surface area contributed by atoms with Crippen molar-refractivity contribution in [2.75, 3.05) is 0 Å². The standard InChI is InChI=1S/C12H9ClN4O/c13-7-11-14-12(18-17-11)10-6-9(15-16-10)8-4-2-1-3-5-8/h1-6H,7H2,(H,15,16). The van der Waals surface area contributed by atoms with E-state index >= 15 is 0 Å².